The van der Waals surface area contributed by atoms with Crippen LogP contribution < -0.4 is 5.32 Å². The van der Waals surface area contributed by atoms with E-state index < -0.39 is 0 Å². The maximum absolute atomic E-state index is 12.6. The molecule has 0 saturated carbocycles. The zero-order valence-corrected chi connectivity index (χ0v) is 11.3. The van der Waals surface area contributed by atoms with Gasteiger partial charge in [-0.15, -0.1) is 10.2 Å². The molecule has 0 spiro atoms. The summed E-state index contributed by atoms with van der Waals surface area (Å²) in [6, 6.07) is 3.58. The number of fused-ring (bicyclic) bond motifs is 1. The second-order valence-corrected chi connectivity index (χ2v) is 4.60. The van der Waals surface area contributed by atoms with Gasteiger partial charge in [-0.1, -0.05) is 0 Å². The average molecular weight is 272 g/mol. The summed E-state index contributed by atoms with van der Waals surface area (Å²) in [5.41, 5.74) is 0.599. The van der Waals surface area contributed by atoms with Crippen LogP contribution in [0.15, 0.2) is 24.7 Å². The molecule has 0 aromatic carbocycles. The van der Waals surface area contributed by atoms with Crippen LogP contribution in [0.1, 0.15) is 23.1 Å². The Labute approximate surface area is 116 Å². The fraction of sp³-hybridized carbons (Fsp3) is 0.385. The molecular formula is C13H16N6O. The fourth-order valence-electron chi connectivity index (χ4n) is 2.30. The van der Waals surface area contributed by atoms with E-state index in [1.54, 1.807) is 29.6 Å². The van der Waals surface area contributed by atoms with Crippen LogP contribution in [0.4, 0.5) is 5.82 Å². The highest BCUT2D eigenvalue weighted by Gasteiger charge is 2.24. The smallest absolute Gasteiger partial charge is 0.258 e. The number of nitrogens with one attached hydrogen (secondary N) is 1. The minimum absolute atomic E-state index is 0.0247. The molecule has 1 aliphatic rings. The number of anilines is 1. The third-order valence-electron chi connectivity index (χ3n) is 3.31. The second-order valence-electron chi connectivity index (χ2n) is 4.60. The van der Waals surface area contributed by atoms with Crippen LogP contribution in [0, 0.1) is 0 Å². The first-order valence-electron chi connectivity index (χ1n) is 6.64. The predicted molar refractivity (Wildman–Crippen MR) is 73.2 cm³/mol. The quantitative estimate of drug-likeness (QED) is 0.892. The third-order valence-corrected chi connectivity index (χ3v) is 3.31. The number of nitrogens with zero attached hydrogens (tertiary/aromatic N) is 5. The second kappa shape index (κ2) is 5.28. The number of hydrogen-bond acceptors (Lipinski definition) is 5. The van der Waals surface area contributed by atoms with E-state index in [-0.39, 0.29) is 5.91 Å². The van der Waals surface area contributed by atoms with Gasteiger partial charge in [-0.3, -0.25) is 4.79 Å². The third kappa shape index (κ3) is 2.22. The normalized spacial score (nSPS) is 13.9. The summed E-state index contributed by atoms with van der Waals surface area (Å²) in [4.78, 5) is 18.6. The Balaban J connectivity index is 1.83. The number of amides is 1. The molecule has 0 fully saturated rings. The van der Waals surface area contributed by atoms with E-state index in [4.69, 9.17) is 0 Å². The lowest BCUT2D eigenvalue weighted by Crippen LogP contribution is -2.38. The van der Waals surface area contributed by atoms with Crippen LogP contribution in [0.25, 0.3) is 0 Å². The summed E-state index contributed by atoms with van der Waals surface area (Å²) < 4.78 is 1.97. The average Bonchev–Trinajstić information content (AvgIpc) is 2.95. The van der Waals surface area contributed by atoms with Crippen molar-refractivity contribution < 1.29 is 4.79 Å². The van der Waals surface area contributed by atoms with E-state index in [0.717, 1.165) is 18.9 Å². The Kier molecular flexibility index (Phi) is 3.32. The van der Waals surface area contributed by atoms with E-state index in [2.05, 4.69) is 20.5 Å². The van der Waals surface area contributed by atoms with Crippen LogP contribution in [-0.2, 0) is 13.1 Å². The van der Waals surface area contributed by atoms with Crippen molar-refractivity contribution in [3.05, 3.63) is 36.0 Å². The lowest BCUT2D eigenvalue weighted by atomic mass is 10.2. The molecule has 0 radical (unpaired) electrons. The lowest BCUT2D eigenvalue weighted by molar-refractivity contribution is 0.0708. The molecule has 20 heavy (non-hydrogen) atoms. The molecule has 0 bridgehead atoms. The van der Waals surface area contributed by atoms with Gasteiger partial charge in [-0.2, -0.15) is 0 Å². The topological polar surface area (TPSA) is 75.9 Å². The molecule has 1 aliphatic heterocycles. The molecule has 1 amide bonds. The largest absolute Gasteiger partial charge is 0.370 e. The Bertz CT molecular complexity index is 623. The Hall–Kier alpha value is -2.44. The summed E-state index contributed by atoms with van der Waals surface area (Å²) in [7, 11) is 0. The van der Waals surface area contributed by atoms with Crippen LogP contribution in [-0.4, -0.2) is 43.6 Å². The Morgan fingerprint density at radius 1 is 1.45 bits per heavy atom. The zero-order chi connectivity index (χ0) is 13.9. The lowest BCUT2D eigenvalue weighted by Gasteiger charge is -2.27. The van der Waals surface area contributed by atoms with E-state index in [1.807, 2.05) is 11.5 Å². The highest BCUT2D eigenvalue weighted by Crippen LogP contribution is 2.17. The molecule has 0 saturated heterocycles. The van der Waals surface area contributed by atoms with Gasteiger partial charge in [-0.25, -0.2) is 4.98 Å². The van der Waals surface area contributed by atoms with Gasteiger partial charge in [0.1, 0.15) is 12.1 Å². The molecule has 2 aromatic heterocycles. The van der Waals surface area contributed by atoms with Crippen LogP contribution in [0.3, 0.4) is 0 Å². The van der Waals surface area contributed by atoms with Crippen LogP contribution in [0.2, 0.25) is 0 Å². The molecule has 0 aliphatic carbocycles. The highest BCUT2D eigenvalue weighted by molar-refractivity contribution is 5.98. The van der Waals surface area contributed by atoms with Gasteiger partial charge in [-0.05, 0) is 19.1 Å². The van der Waals surface area contributed by atoms with Crippen molar-refractivity contribution in [1.29, 1.82) is 0 Å². The van der Waals surface area contributed by atoms with Crippen molar-refractivity contribution >= 4 is 11.7 Å². The first-order valence-corrected chi connectivity index (χ1v) is 6.64. The van der Waals surface area contributed by atoms with Gasteiger partial charge >= 0.3 is 0 Å². The van der Waals surface area contributed by atoms with Crippen molar-refractivity contribution in [3.8, 4) is 0 Å². The maximum atomic E-state index is 12.6. The van der Waals surface area contributed by atoms with Crippen molar-refractivity contribution in [1.82, 2.24) is 24.6 Å². The number of carbonyl (C=O) groups is 1. The molecule has 104 valence electrons. The maximum Gasteiger partial charge on any atom is 0.258 e. The number of aromatic nitrogens is 4. The molecule has 1 N–H and O–H groups in total. The first kappa shape index (κ1) is 12.6. The van der Waals surface area contributed by atoms with Gasteiger partial charge in [0.15, 0.2) is 5.82 Å². The summed E-state index contributed by atoms with van der Waals surface area (Å²) in [5.74, 6) is 1.42. The van der Waals surface area contributed by atoms with Crippen LogP contribution >= 0.6 is 0 Å². The number of hydrogen-bond donors (Lipinski definition) is 1. The number of carbonyl (C=O) groups excluding carboxylic acids is 1. The van der Waals surface area contributed by atoms with Gasteiger partial charge in [0.25, 0.3) is 5.91 Å². The van der Waals surface area contributed by atoms with E-state index >= 15 is 0 Å². The molecule has 2 aromatic rings. The Morgan fingerprint density at radius 3 is 3.20 bits per heavy atom. The fourth-order valence-corrected chi connectivity index (χ4v) is 2.30. The molecule has 7 nitrogen and oxygen atoms in total. The summed E-state index contributed by atoms with van der Waals surface area (Å²) in [5, 5.41) is 11.0. The highest BCUT2D eigenvalue weighted by atomic mass is 16.2. The van der Waals surface area contributed by atoms with Crippen molar-refractivity contribution in [2.45, 2.75) is 20.0 Å². The molecule has 3 heterocycles. The Morgan fingerprint density at radius 2 is 2.35 bits per heavy atom. The van der Waals surface area contributed by atoms with Crippen molar-refractivity contribution in [2.75, 3.05) is 18.4 Å². The van der Waals surface area contributed by atoms with Gasteiger partial charge in [0.05, 0.1) is 12.1 Å². The summed E-state index contributed by atoms with van der Waals surface area (Å²) >= 11 is 0. The van der Waals surface area contributed by atoms with Crippen molar-refractivity contribution in [2.24, 2.45) is 0 Å². The summed E-state index contributed by atoms with van der Waals surface area (Å²) in [6.07, 6.45) is 3.38. The SMILES string of the molecule is CCNc1ncccc1C(=O)N1CCn2cnnc2C1. The minimum Gasteiger partial charge on any atom is -0.370 e. The zero-order valence-electron chi connectivity index (χ0n) is 11.3. The van der Waals surface area contributed by atoms with Gasteiger partial charge in [0, 0.05) is 25.8 Å². The monoisotopic (exact) mass is 272 g/mol. The predicted octanol–water partition coefficient (Wildman–Crippen LogP) is 0.761. The summed E-state index contributed by atoms with van der Waals surface area (Å²) in [6.45, 7) is 4.58. The molecule has 0 atom stereocenters. The molecule has 0 unspecified atom stereocenters. The minimum atomic E-state index is -0.0247. The van der Waals surface area contributed by atoms with Gasteiger partial charge in [0.2, 0.25) is 0 Å². The number of pyridine rings is 1. The van der Waals surface area contributed by atoms with E-state index in [9.17, 15) is 4.79 Å². The molecule has 7 heteroatoms. The van der Waals surface area contributed by atoms with E-state index in [1.165, 1.54) is 0 Å². The molecular weight excluding hydrogens is 256 g/mol. The van der Waals surface area contributed by atoms with Crippen LogP contribution in [0.5, 0.6) is 0 Å². The van der Waals surface area contributed by atoms with E-state index in [0.29, 0.717) is 24.5 Å². The standard InChI is InChI=1S/C13H16N6O/c1-2-14-12-10(4-3-5-15-12)13(20)18-6-7-19-9-16-17-11(19)8-18/h3-5,9H,2,6-8H2,1H3,(H,14,15). The first-order chi connectivity index (χ1) is 9.79. The number of rotatable bonds is 3. The van der Waals surface area contributed by atoms with Gasteiger partial charge < -0.3 is 14.8 Å². The molecule has 3 rings (SSSR count). The van der Waals surface area contributed by atoms with Crippen molar-refractivity contribution in [3.63, 3.8) is 0 Å².